The molecule has 0 aliphatic heterocycles. The Hall–Kier alpha value is -0.780. The summed E-state index contributed by atoms with van der Waals surface area (Å²) in [6.07, 6.45) is 11.2. The van der Waals surface area contributed by atoms with E-state index in [2.05, 4.69) is 51.7 Å². The van der Waals surface area contributed by atoms with Gasteiger partial charge in [-0.1, -0.05) is 43.7 Å². The van der Waals surface area contributed by atoms with Crippen LogP contribution in [-0.2, 0) is 0 Å². The molecule has 0 amide bonds. The van der Waals surface area contributed by atoms with Crippen LogP contribution in [0.5, 0.6) is 0 Å². The van der Waals surface area contributed by atoms with Crippen LogP contribution in [0.2, 0.25) is 0 Å². The Morgan fingerprint density at radius 2 is 2.07 bits per heavy atom. The van der Waals surface area contributed by atoms with Gasteiger partial charge < -0.3 is 0 Å². The molecule has 82 valence electrons. The summed E-state index contributed by atoms with van der Waals surface area (Å²) in [6, 6.07) is 0. The molecule has 2 unspecified atom stereocenters. The molecule has 0 spiro atoms. The molecule has 15 heavy (non-hydrogen) atoms. The highest BCUT2D eigenvalue weighted by molar-refractivity contribution is 5.34. The second kappa shape index (κ2) is 3.66. The maximum absolute atomic E-state index is 3.89. The first-order valence-electron chi connectivity index (χ1n) is 6.12. The highest BCUT2D eigenvalue weighted by Crippen LogP contribution is 2.83. The summed E-state index contributed by atoms with van der Waals surface area (Å²) in [5.74, 6) is 2.79. The summed E-state index contributed by atoms with van der Waals surface area (Å²) in [4.78, 5) is 0. The van der Waals surface area contributed by atoms with Crippen molar-refractivity contribution in [3.8, 4) is 0 Å². The minimum atomic E-state index is 0.627. The van der Waals surface area contributed by atoms with Crippen LogP contribution in [0.1, 0.15) is 33.6 Å². The summed E-state index contributed by atoms with van der Waals surface area (Å²) in [6.45, 7) is 10.7. The molecule has 0 N–H and O–H groups in total. The Labute approximate surface area is 93.8 Å². The Bertz CT molecular complexity index is 309. The Morgan fingerprint density at radius 1 is 1.40 bits per heavy atom. The van der Waals surface area contributed by atoms with Gasteiger partial charge in [0.2, 0.25) is 0 Å². The maximum Gasteiger partial charge on any atom is -0.0162 e. The van der Waals surface area contributed by atoms with Crippen molar-refractivity contribution in [3.05, 3.63) is 36.5 Å². The van der Waals surface area contributed by atoms with Crippen LogP contribution >= 0.6 is 0 Å². The van der Waals surface area contributed by atoms with Gasteiger partial charge in [0.25, 0.3) is 0 Å². The quantitative estimate of drug-likeness (QED) is 0.459. The van der Waals surface area contributed by atoms with E-state index >= 15 is 0 Å². The molecular formula is C15H22. The minimum absolute atomic E-state index is 0.627. The Kier molecular flexibility index (Phi) is 2.62. The third-order valence-corrected chi connectivity index (χ3v) is 4.35. The van der Waals surface area contributed by atoms with Crippen LogP contribution in [0, 0.1) is 23.2 Å². The fourth-order valence-electron chi connectivity index (χ4n) is 3.28. The van der Waals surface area contributed by atoms with Crippen molar-refractivity contribution in [1.82, 2.24) is 0 Å². The summed E-state index contributed by atoms with van der Waals surface area (Å²) in [5, 5.41) is 0. The summed E-state index contributed by atoms with van der Waals surface area (Å²) >= 11 is 0. The largest absolute Gasteiger partial charge is 0.103 e. The van der Waals surface area contributed by atoms with Crippen molar-refractivity contribution in [2.24, 2.45) is 23.2 Å². The Balaban J connectivity index is 1.91. The second-order valence-corrected chi connectivity index (χ2v) is 5.25. The zero-order valence-electron chi connectivity index (χ0n) is 10.2. The Morgan fingerprint density at radius 3 is 2.53 bits per heavy atom. The lowest BCUT2D eigenvalue weighted by Crippen LogP contribution is -2.12. The molecule has 2 aliphatic rings. The molecule has 2 atom stereocenters. The highest BCUT2D eigenvalue weighted by atomic mass is 14.8. The van der Waals surface area contributed by atoms with Crippen molar-refractivity contribution in [1.29, 1.82) is 0 Å². The lowest BCUT2D eigenvalue weighted by Gasteiger charge is -2.21. The lowest BCUT2D eigenvalue weighted by atomic mass is 9.83. The molecule has 0 nitrogen and oxygen atoms in total. The first kappa shape index (κ1) is 10.7. The summed E-state index contributed by atoms with van der Waals surface area (Å²) in [7, 11) is 0. The standard InChI is InChI=1S/C15H22/c1-5-8-9-11(6-2)10-15(4)13-12(7-3)14(13)15/h5,7-9,12-14H,3,6,10H2,1-2,4H3. The van der Waals surface area contributed by atoms with E-state index in [1.165, 1.54) is 12.8 Å². The molecule has 0 aromatic carbocycles. The van der Waals surface area contributed by atoms with Crippen LogP contribution in [0.25, 0.3) is 0 Å². The van der Waals surface area contributed by atoms with Crippen LogP contribution < -0.4 is 0 Å². The molecule has 2 fully saturated rings. The molecule has 0 heterocycles. The van der Waals surface area contributed by atoms with Crippen molar-refractivity contribution in [2.75, 3.05) is 0 Å². The number of rotatable bonds is 5. The number of hydrogen-bond acceptors (Lipinski definition) is 0. The number of fused-ring (bicyclic) bond motifs is 1. The van der Waals surface area contributed by atoms with E-state index in [1.807, 2.05) is 0 Å². The van der Waals surface area contributed by atoms with E-state index in [9.17, 15) is 0 Å². The predicted octanol–water partition coefficient (Wildman–Crippen LogP) is 4.36. The van der Waals surface area contributed by atoms with E-state index in [-0.39, 0.29) is 0 Å². The van der Waals surface area contributed by atoms with Crippen LogP contribution in [0.3, 0.4) is 0 Å². The van der Waals surface area contributed by atoms with Gasteiger partial charge in [-0.3, -0.25) is 0 Å². The monoisotopic (exact) mass is 202 g/mol. The van der Waals surface area contributed by atoms with E-state index in [4.69, 9.17) is 0 Å². The van der Waals surface area contributed by atoms with Gasteiger partial charge in [0.1, 0.15) is 0 Å². The van der Waals surface area contributed by atoms with Crippen LogP contribution in [0.15, 0.2) is 36.5 Å². The first-order chi connectivity index (χ1) is 7.19. The average Bonchev–Trinajstić information content (AvgIpc) is 3.11. The SMILES string of the molecule is C=CC1C2C1C2(C)CC(=CC=CC)CC. The zero-order chi connectivity index (χ0) is 11.1. The smallest absolute Gasteiger partial charge is 0.0162 e. The summed E-state index contributed by atoms with van der Waals surface area (Å²) < 4.78 is 0. The van der Waals surface area contributed by atoms with Crippen molar-refractivity contribution in [3.63, 3.8) is 0 Å². The molecule has 0 heteroatoms. The summed E-state index contributed by atoms with van der Waals surface area (Å²) in [5.41, 5.74) is 2.23. The third-order valence-electron chi connectivity index (χ3n) is 4.35. The van der Waals surface area contributed by atoms with Gasteiger partial charge in [-0.25, -0.2) is 0 Å². The molecule has 0 aromatic rings. The number of allylic oxidation sites excluding steroid dienone is 5. The predicted molar refractivity (Wildman–Crippen MR) is 66.6 cm³/mol. The normalized spacial score (nSPS) is 42.9. The van der Waals surface area contributed by atoms with Gasteiger partial charge in [0.15, 0.2) is 0 Å². The van der Waals surface area contributed by atoms with E-state index in [0.29, 0.717) is 5.41 Å². The van der Waals surface area contributed by atoms with Gasteiger partial charge >= 0.3 is 0 Å². The van der Waals surface area contributed by atoms with Gasteiger partial charge in [0.05, 0.1) is 0 Å². The minimum Gasteiger partial charge on any atom is -0.103 e. The van der Waals surface area contributed by atoms with Crippen molar-refractivity contribution >= 4 is 0 Å². The second-order valence-electron chi connectivity index (χ2n) is 5.25. The molecule has 0 saturated heterocycles. The van der Waals surface area contributed by atoms with Gasteiger partial charge in [0, 0.05) is 0 Å². The van der Waals surface area contributed by atoms with Crippen molar-refractivity contribution < 1.29 is 0 Å². The number of hydrogen-bond donors (Lipinski definition) is 0. The van der Waals surface area contributed by atoms with E-state index < -0.39 is 0 Å². The van der Waals surface area contributed by atoms with Gasteiger partial charge in [-0.05, 0) is 42.9 Å². The molecule has 2 rings (SSSR count). The van der Waals surface area contributed by atoms with Crippen molar-refractivity contribution in [2.45, 2.75) is 33.6 Å². The molecular weight excluding hydrogens is 180 g/mol. The average molecular weight is 202 g/mol. The maximum atomic E-state index is 3.89. The zero-order valence-corrected chi connectivity index (χ0v) is 10.2. The van der Waals surface area contributed by atoms with E-state index in [1.54, 1.807) is 5.57 Å². The van der Waals surface area contributed by atoms with Crippen LogP contribution in [-0.4, -0.2) is 0 Å². The molecule has 0 bridgehead atoms. The molecule has 2 aliphatic carbocycles. The third kappa shape index (κ3) is 1.60. The van der Waals surface area contributed by atoms with Gasteiger partial charge in [-0.2, -0.15) is 0 Å². The molecule has 2 saturated carbocycles. The topological polar surface area (TPSA) is 0 Å². The van der Waals surface area contributed by atoms with Crippen LogP contribution in [0.4, 0.5) is 0 Å². The molecule has 0 radical (unpaired) electrons. The fourth-order valence-corrected chi connectivity index (χ4v) is 3.28. The van der Waals surface area contributed by atoms with E-state index in [0.717, 1.165) is 17.8 Å². The highest BCUT2D eigenvalue weighted by Gasteiger charge is 2.79. The van der Waals surface area contributed by atoms with Gasteiger partial charge in [-0.15, -0.1) is 6.58 Å². The lowest BCUT2D eigenvalue weighted by molar-refractivity contribution is 0.356. The molecule has 0 aromatic heterocycles. The first-order valence-corrected chi connectivity index (χ1v) is 6.12. The fraction of sp³-hybridized carbons (Fsp3) is 0.600.